The van der Waals surface area contributed by atoms with Crippen LogP contribution >= 0.6 is 11.3 Å². The topological polar surface area (TPSA) is 66.9 Å². The number of carbonyl (C=O) groups excluding carboxylic acids is 1. The van der Waals surface area contributed by atoms with E-state index in [2.05, 4.69) is 27.5 Å². The second-order valence-electron chi connectivity index (χ2n) is 6.64. The molecule has 1 amide bonds. The van der Waals surface area contributed by atoms with E-state index >= 15 is 0 Å². The van der Waals surface area contributed by atoms with E-state index in [1.807, 2.05) is 24.3 Å². The summed E-state index contributed by atoms with van der Waals surface area (Å²) < 4.78 is 0. The fourth-order valence-electron chi connectivity index (χ4n) is 3.35. The lowest BCUT2D eigenvalue weighted by Gasteiger charge is -2.18. The van der Waals surface area contributed by atoms with Gasteiger partial charge < -0.3 is 10.6 Å². The summed E-state index contributed by atoms with van der Waals surface area (Å²) in [5, 5.41) is 7.36. The fourth-order valence-corrected chi connectivity index (χ4v) is 4.70. The predicted molar refractivity (Wildman–Crippen MR) is 103 cm³/mol. The Hall–Kier alpha value is -2.47. The third-order valence-corrected chi connectivity index (χ3v) is 5.72. The van der Waals surface area contributed by atoms with Crippen molar-refractivity contribution in [1.82, 2.24) is 9.97 Å². The van der Waals surface area contributed by atoms with Gasteiger partial charge in [-0.25, -0.2) is 9.97 Å². The van der Waals surface area contributed by atoms with Crippen LogP contribution in [0.25, 0.3) is 10.2 Å². The smallest absolute Gasteiger partial charge is 0.221 e. The van der Waals surface area contributed by atoms with E-state index in [9.17, 15) is 4.79 Å². The molecule has 0 aliphatic heterocycles. The third-order valence-electron chi connectivity index (χ3n) is 4.56. The Bertz CT molecular complexity index is 932. The Labute approximate surface area is 150 Å². The van der Waals surface area contributed by atoms with Gasteiger partial charge in [-0.15, -0.1) is 11.3 Å². The van der Waals surface area contributed by atoms with Crippen molar-refractivity contribution in [3.8, 4) is 0 Å². The van der Waals surface area contributed by atoms with E-state index in [1.165, 1.54) is 29.2 Å². The van der Waals surface area contributed by atoms with Crippen molar-refractivity contribution in [3.05, 3.63) is 41.0 Å². The van der Waals surface area contributed by atoms with Crippen LogP contribution < -0.4 is 10.6 Å². The van der Waals surface area contributed by atoms with Crippen LogP contribution in [0.1, 0.15) is 30.7 Å². The van der Waals surface area contributed by atoms with E-state index in [-0.39, 0.29) is 5.91 Å². The molecule has 0 fully saturated rings. The van der Waals surface area contributed by atoms with Crippen LogP contribution in [0, 0.1) is 5.92 Å². The molecule has 6 heteroatoms. The summed E-state index contributed by atoms with van der Waals surface area (Å²) in [7, 11) is 0. The first-order valence-corrected chi connectivity index (χ1v) is 9.31. The largest absolute Gasteiger partial charge is 0.340 e. The third kappa shape index (κ3) is 3.22. The molecule has 4 rings (SSSR count). The Balaban J connectivity index is 1.66. The monoisotopic (exact) mass is 352 g/mol. The van der Waals surface area contributed by atoms with Gasteiger partial charge in [0.15, 0.2) is 0 Å². The van der Waals surface area contributed by atoms with E-state index in [0.717, 1.165) is 40.8 Å². The molecule has 1 atom stereocenters. The molecule has 2 N–H and O–H groups in total. The van der Waals surface area contributed by atoms with E-state index < -0.39 is 0 Å². The number of nitrogens with zero attached hydrogens (tertiary/aromatic N) is 2. The molecular weight excluding hydrogens is 332 g/mol. The fraction of sp³-hybridized carbons (Fsp3) is 0.316. The van der Waals surface area contributed by atoms with Crippen LogP contribution in [-0.4, -0.2) is 15.9 Å². The molecule has 25 heavy (non-hydrogen) atoms. The Kier molecular flexibility index (Phi) is 4.13. The van der Waals surface area contributed by atoms with Gasteiger partial charge in [-0.05, 0) is 55.0 Å². The lowest BCUT2D eigenvalue weighted by Crippen LogP contribution is -2.09. The van der Waals surface area contributed by atoms with E-state index in [0.29, 0.717) is 0 Å². The van der Waals surface area contributed by atoms with Gasteiger partial charge in [0.05, 0.1) is 5.39 Å². The average molecular weight is 352 g/mol. The minimum atomic E-state index is -0.0719. The van der Waals surface area contributed by atoms with Gasteiger partial charge in [-0.1, -0.05) is 6.92 Å². The maximum Gasteiger partial charge on any atom is 0.221 e. The van der Waals surface area contributed by atoms with Crippen LogP contribution in [0.15, 0.2) is 30.6 Å². The van der Waals surface area contributed by atoms with Crippen molar-refractivity contribution in [2.45, 2.75) is 33.1 Å². The summed E-state index contributed by atoms with van der Waals surface area (Å²) in [6.45, 7) is 3.82. The van der Waals surface area contributed by atoms with Gasteiger partial charge in [0.25, 0.3) is 0 Å². The van der Waals surface area contributed by atoms with Crippen LogP contribution in [0.4, 0.5) is 17.2 Å². The van der Waals surface area contributed by atoms with Crippen LogP contribution in [-0.2, 0) is 17.6 Å². The molecule has 1 aromatic carbocycles. The van der Waals surface area contributed by atoms with Crippen molar-refractivity contribution < 1.29 is 4.79 Å². The van der Waals surface area contributed by atoms with Crippen LogP contribution in [0.3, 0.4) is 0 Å². The maximum atomic E-state index is 11.1. The van der Waals surface area contributed by atoms with Crippen molar-refractivity contribution >= 4 is 44.7 Å². The molecule has 0 saturated heterocycles. The summed E-state index contributed by atoms with van der Waals surface area (Å²) in [6.07, 6.45) is 5.08. The zero-order chi connectivity index (χ0) is 17.4. The van der Waals surface area contributed by atoms with Gasteiger partial charge in [0.2, 0.25) is 5.91 Å². The number of thiophene rings is 1. The standard InChI is InChI=1S/C19H20N4OS/c1-11-3-8-15-16(9-11)25-19-17(15)18(20-10-21-19)23-14-6-4-13(5-7-14)22-12(2)24/h4-7,10-11H,3,8-9H2,1-2H3,(H,22,24)(H,20,21,23)/t11-/m0/s1. The Morgan fingerprint density at radius 3 is 2.72 bits per heavy atom. The van der Waals surface area contributed by atoms with Gasteiger partial charge in [0, 0.05) is 23.2 Å². The average Bonchev–Trinajstić information content (AvgIpc) is 2.94. The summed E-state index contributed by atoms with van der Waals surface area (Å²) in [6, 6.07) is 7.65. The minimum Gasteiger partial charge on any atom is -0.340 e. The number of aromatic nitrogens is 2. The highest BCUT2D eigenvalue weighted by molar-refractivity contribution is 7.19. The van der Waals surface area contributed by atoms with Crippen LogP contribution in [0.2, 0.25) is 0 Å². The van der Waals surface area contributed by atoms with Crippen molar-refractivity contribution in [2.75, 3.05) is 10.6 Å². The molecule has 0 unspecified atom stereocenters. The molecule has 5 nitrogen and oxygen atoms in total. The second kappa shape index (κ2) is 6.44. The molecule has 0 spiro atoms. The number of nitrogens with one attached hydrogen (secondary N) is 2. The van der Waals surface area contributed by atoms with E-state index in [1.54, 1.807) is 17.7 Å². The molecule has 128 valence electrons. The highest BCUT2D eigenvalue weighted by Crippen LogP contribution is 2.40. The highest BCUT2D eigenvalue weighted by Gasteiger charge is 2.23. The quantitative estimate of drug-likeness (QED) is 0.727. The number of hydrogen-bond acceptors (Lipinski definition) is 5. The molecule has 3 aromatic rings. The number of benzene rings is 1. The number of carbonyl (C=O) groups is 1. The summed E-state index contributed by atoms with van der Waals surface area (Å²) in [5.74, 6) is 1.54. The van der Waals surface area contributed by atoms with Gasteiger partial charge in [-0.2, -0.15) is 0 Å². The number of amides is 1. The number of aryl methyl sites for hydroxylation is 1. The summed E-state index contributed by atoms with van der Waals surface area (Å²) >= 11 is 1.80. The first-order chi connectivity index (χ1) is 12.1. The first kappa shape index (κ1) is 16.0. The van der Waals surface area contributed by atoms with Gasteiger partial charge in [-0.3, -0.25) is 4.79 Å². The zero-order valence-electron chi connectivity index (χ0n) is 14.3. The number of fused-ring (bicyclic) bond motifs is 3. The lowest BCUT2D eigenvalue weighted by atomic mass is 9.89. The first-order valence-electron chi connectivity index (χ1n) is 8.50. The predicted octanol–water partition coefficient (Wildman–Crippen LogP) is 4.52. The van der Waals surface area contributed by atoms with Crippen molar-refractivity contribution in [3.63, 3.8) is 0 Å². The Morgan fingerprint density at radius 2 is 1.96 bits per heavy atom. The molecular formula is C19H20N4OS. The molecule has 1 aliphatic carbocycles. The number of anilines is 3. The normalized spacial score (nSPS) is 16.5. The zero-order valence-corrected chi connectivity index (χ0v) is 15.1. The number of rotatable bonds is 3. The summed E-state index contributed by atoms with van der Waals surface area (Å²) in [5.41, 5.74) is 3.14. The molecule has 2 aromatic heterocycles. The lowest BCUT2D eigenvalue weighted by molar-refractivity contribution is -0.114. The second-order valence-corrected chi connectivity index (χ2v) is 7.72. The maximum absolute atomic E-state index is 11.1. The van der Waals surface area contributed by atoms with Gasteiger partial charge >= 0.3 is 0 Å². The van der Waals surface area contributed by atoms with E-state index in [4.69, 9.17) is 0 Å². The van der Waals surface area contributed by atoms with Crippen LogP contribution in [0.5, 0.6) is 0 Å². The minimum absolute atomic E-state index is 0.0719. The molecule has 1 aliphatic rings. The Morgan fingerprint density at radius 1 is 1.20 bits per heavy atom. The molecule has 0 bridgehead atoms. The molecule has 0 saturated carbocycles. The highest BCUT2D eigenvalue weighted by atomic mass is 32.1. The van der Waals surface area contributed by atoms with Gasteiger partial charge in [0.1, 0.15) is 17.0 Å². The van der Waals surface area contributed by atoms with Crippen molar-refractivity contribution in [1.29, 1.82) is 0 Å². The SMILES string of the molecule is CC(=O)Nc1ccc(Nc2ncnc3sc4c(c23)CC[C@H](C)C4)cc1. The van der Waals surface area contributed by atoms with Crippen molar-refractivity contribution in [2.24, 2.45) is 5.92 Å². The molecule has 0 radical (unpaired) electrons. The molecule has 2 heterocycles. The summed E-state index contributed by atoms with van der Waals surface area (Å²) in [4.78, 5) is 22.6. The number of hydrogen-bond donors (Lipinski definition) is 2.